The van der Waals surface area contributed by atoms with Gasteiger partial charge in [-0.2, -0.15) is 5.26 Å². The fourth-order valence-electron chi connectivity index (χ4n) is 3.15. The predicted octanol–water partition coefficient (Wildman–Crippen LogP) is 4.92. The lowest BCUT2D eigenvalue weighted by Crippen LogP contribution is -2.33. The van der Waals surface area contributed by atoms with Crippen molar-refractivity contribution in [3.63, 3.8) is 0 Å². The number of carbonyl (C=O) groups is 1. The van der Waals surface area contributed by atoms with E-state index in [4.69, 9.17) is 5.26 Å². The van der Waals surface area contributed by atoms with Gasteiger partial charge in [-0.3, -0.25) is 4.79 Å². The van der Waals surface area contributed by atoms with Crippen molar-refractivity contribution in [2.45, 2.75) is 32.0 Å². The highest BCUT2D eigenvalue weighted by Gasteiger charge is 2.21. The number of anilines is 1. The average molecular weight is 456 g/mol. The number of rotatable bonds is 9. The van der Waals surface area contributed by atoms with E-state index in [1.807, 2.05) is 24.5 Å². The Bertz CT molecular complexity index is 1110. The molecule has 0 aliphatic rings. The summed E-state index contributed by atoms with van der Waals surface area (Å²) in [7, 11) is 0. The molecule has 32 heavy (non-hydrogen) atoms. The molecule has 0 unspecified atom stereocenters. The maximum atomic E-state index is 14.4. The molecule has 0 N–H and O–H groups in total. The lowest BCUT2D eigenvalue weighted by atomic mass is 10.2. The molecule has 6 nitrogen and oxygen atoms in total. The van der Waals surface area contributed by atoms with Crippen LogP contribution in [0.3, 0.4) is 0 Å². The van der Waals surface area contributed by atoms with Crippen LogP contribution in [0.1, 0.15) is 20.3 Å². The molecule has 166 valence electrons. The van der Waals surface area contributed by atoms with Gasteiger partial charge >= 0.3 is 0 Å². The average Bonchev–Trinajstić information content (AvgIpc) is 3.15. The third-order valence-electron chi connectivity index (χ3n) is 4.59. The van der Waals surface area contributed by atoms with Gasteiger partial charge in [0.25, 0.3) is 0 Å². The second kappa shape index (κ2) is 10.9. The molecule has 3 rings (SSSR count). The molecule has 3 aromatic rings. The van der Waals surface area contributed by atoms with Gasteiger partial charge in [0.05, 0.1) is 23.8 Å². The molecule has 0 saturated carbocycles. The maximum absolute atomic E-state index is 14.4. The molecule has 1 aromatic heterocycles. The lowest BCUT2D eigenvalue weighted by molar-refractivity contribution is -0.116. The third-order valence-corrected chi connectivity index (χ3v) is 5.54. The van der Waals surface area contributed by atoms with Crippen LogP contribution in [0, 0.1) is 28.9 Å². The summed E-state index contributed by atoms with van der Waals surface area (Å²) in [6.07, 6.45) is 0.148. The minimum Gasteiger partial charge on any atom is -0.311 e. The van der Waals surface area contributed by atoms with Gasteiger partial charge in [0, 0.05) is 18.8 Å². The largest absolute Gasteiger partial charge is 0.311 e. The van der Waals surface area contributed by atoms with Crippen LogP contribution in [0.5, 0.6) is 0 Å². The number of nitriles is 1. The normalized spacial score (nSPS) is 10.9. The lowest BCUT2D eigenvalue weighted by Gasteiger charge is -2.21. The van der Waals surface area contributed by atoms with Crippen LogP contribution in [-0.2, 0) is 11.3 Å². The van der Waals surface area contributed by atoms with Crippen molar-refractivity contribution in [1.29, 1.82) is 5.26 Å². The van der Waals surface area contributed by atoms with E-state index in [1.165, 1.54) is 47.0 Å². The minimum atomic E-state index is -0.404. The van der Waals surface area contributed by atoms with Crippen molar-refractivity contribution in [3.8, 4) is 17.5 Å². The van der Waals surface area contributed by atoms with E-state index in [0.29, 0.717) is 28.8 Å². The van der Waals surface area contributed by atoms with Crippen LogP contribution >= 0.6 is 11.8 Å². The summed E-state index contributed by atoms with van der Waals surface area (Å²) >= 11 is 1.20. The molecule has 0 saturated heterocycles. The standard InChI is InChI=1S/C23H23F2N5OS/c1-16(2)14-30-22(19-6-3-4-7-20(19)25)27-28-23(30)32-15-21(31)29(13-5-12-26)18-10-8-17(24)9-11-18/h3-4,6-11,16H,5,13-15H2,1-2H3. The zero-order valence-electron chi connectivity index (χ0n) is 17.8. The van der Waals surface area contributed by atoms with Crippen LogP contribution in [0.4, 0.5) is 14.5 Å². The maximum Gasteiger partial charge on any atom is 0.237 e. The Morgan fingerprint density at radius 3 is 2.53 bits per heavy atom. The summed E-state index contributed by atoms with van der Waals surface area (Å²) in [6, 6.07) is 14.0. The first-order valence-electron chi connectivity index (χ1n) is 10.1. The van der Waals surface area contributed by atoms with Crippen molar-refractivity contribution in [2.24, 2.45) is 5.92 Å². The van der Waals surface area contributed by atoms with E-state index in [1.54, 1.807) is 18.2 Å². The number of halogens is 2. The summed E-state index contributed by atoms with van der Waals surface area (Å²) in [5, 5.41) is 17.8. The van der Waals surface area contributed by atoms with E-state index in [9.17, 15) is 13.6 Å². The van der Waals surface area contributed by atoms with Crippen LogP contribution < -0.4 is 4.90 Å². The number of hydrogen-bond donors (Lipinski definition) is 0. The van der Waals surface area contributed by atoms with Gasteiger partial charge in [-0.25, -0.2) is 8.78 Å². The van der Waals surface area contributed by atoms with Crippen molar-refractivity contribution in [2.75, 3.05) is 17.2 Å². The van der Waals surface area contributed by atoms with Gasteiger partial charge in [0.15, 0.2) is 11.0 Å². The summed E-state index contributed by atoms with van der Waals surface area (Å²) in [6.45, 7) is 4.82. The van der Waals surface area contributed by atoms with Gasteiger partial charge in [0.1, 0.15) is 11.6 Å². The van der Waals surface area contributed by atoms with Crippen LogP contribution in [-0.4, -0.2) is 33.0 Å². The molecule has 0 fully saturated rings. The highest BCUT2D eigenvalue weighted by Crippen LogP contribution is 2.27. The van der Waals surface area contributed by atoms with Gasteiger partial charge < -0.3 is 9.47 Å². The summed E-state index contributed by atoms with van der Waals surface area (Å²) < 4.78 is 29.5. The fourth-order valence-corrected chi connectivity index (χ4v) is 3.98. The third kappa shape index (κ3) is 5.71. The fraction of sp³-hybridized carbons (Fsp3) is 0.304. The van der Waals surface area contributed by atoms with E-state index in [0.717, 1.165) is 0 Å². The van der Waals surface area contributed by atoms with E-state index >= 15 is 0 Å². The Hall–Kier alpha value is -3.25. The van der Waals surface area contributed by atoms with Crippen molar-refractivity contribution in [1.82, 2.24) is 14.8 Å². The molecule has 0 bridgehead atoms. The van der Waals surface area contributed by atoms with Gasteiger partial charge in [0.2, 0.25) is 5.91 Å². The first-order chi connectivity index (χ1) is 15.4. The molecule has 0 aliphatic carbocycles. The molecule has 0 spiro atoms. The molecule has 1 amide bonds. The second-order valence-electron chi connectivity index (χ2n) is 7.51. The second-order valence-corrected chi connectivity index (χ2v) is 8.45. The number of benzene rings is 2. The molecule has 0 atom stereocenters. The zero-order valence-corrected chi connectivity index (χ0v) is 18.6. The summed E-state index contributed by atoms with van der Waals surface area (Å²) in [4.78, 5) is 14.4. The molecular weight excluding hydrogens is 432 g/mol. The number of aromatic nitrogens is 3. The Morgan fingerprint density at radius 1 is 1.16 bits per heavy atom. The van der Waals surface area contributed by atoms with E-state index in [2.05, 4.69) is 10.2 Å². The molecular formula is C23H23F2N5OS. The SMILES string of the molecule is CC(C)Cn1c(SCC(=O)N(CCC#N)c2ccc(F)cc2)nnc1-c1ccccc1F. The van der Waals surface area contributed by atoms with Crippen molar-refractivity contribution >= 4 is 23.4 Å². The number of thioether (sulfide) groups is 1. The Labute approximate surface area is 189 Å². The number of carbonyl (C=O) groups excluding carboxylic acids is 1. The van der Waals surface area contributed by atoms with Crippen LogP contribution in [0.25, 0.3) is 11.4 Å². The van der Waals surface area contributed by atoms with Gasteiger partial charge in [-0.15, -0.1) is 10.2 Å². The smallest absolute Gasteiger partial charge is 0.237 e. The zero-order chi connectivity index (χ0) is 23.1. The van der Waals surface area contributed by atoms with Gasteiger partial charge in [-0.05, 0) is 42.3 Å². The Morgan fingerprint density at radius 2 is 1.88 bits per heavy atom. The van der Waals surface area contributed by atoms with Crippen LogP contribution in [0.15, 0.2) is 53.7 Å². The molecule has 9 heteroatoms. The first kappa shape index (κ1) is 23.4. The monoisotopic (exact) mass is 455 g/mol. The number of nitrogens with zero attached hydrogens (tertiary/aromatic N) is 5. The quantitative estimate of drug-likeness (QED) is 0.428. The Balaban J connectivity index is 1.83. The minimum absolute atomic E-state index is 0.0380. The highest BCUT2D eigenvalue weighted by atomic mass is 32.2. The van der Waals surface area contributed by atoms with Crippen molar-refractivity contribution in [3.05, 3.63) is 60.2 Å². The number of hydrogen-bond acceptors (Lipinski definition) is 5. The molecule has 0 aliphatic heterocycles. The summed E-state index contributed by atoms with van der Waals surface area (Å²) in [5.41, 5.74) is 0.865. The van der Waals surface area contributed by atoms with E-state index < -0.39 is 11.6 Å². The van der Waals surface area contributed by atoms with E-state index in [-0.39, 0.29) is 30.5 Å². The van der Waals surface area contributed by atoms with Gasteiger partial charge in [-0.1, -0.05) is 37.7 Å². The first-order valence-corrected chi connectivity index (χ1v) is 11.1. The molecule has 2 aromatic carbocycles. The van der Waals surface area contributed by atoms with Crippen molar-refractivity contribution < 1.29 is 13.6 Å². The number of amides is 1. The van der Waals surface area contributed by atoms with Crippen LogP contribution in [0.2, 0.25) is 0 Å². The highest BCUT2D eigenvalue weighted by molar-refractivity contribution is 7.99. The summed E-state index contributed by atoms with van der Waals surface area (Å²) in [5.74, 6) is -0.348. The predicted molar refractivity (Wildman–Crippen MR) is 120 cm³/mol. The topological polar surface area (TPSA) is 74.8 Å². The molecule has 1 heterocycles. The molecule has 0 radical (unpaired) electrons. The Kier molecular flexibility index (Phi) is 7.95.